The first-order valence-corrected chi connectivity index (χ1v) is 3.83. The Labute approximate surface area is 68.7 Å². The maximum absolute atomic E-state index is 5.48. The van der Waals surface area contributed by atoms with E-state index in [1.165, 1.54) is 0 Å². The van der Waals surface area contributed by atoms with Gasteiger partial charge in [-0.2, -0.15) is 0 Å². The molecule has 12 heavy (non-hydrogen) atoms. The predicted molar refractivity (Wildman–Crippen MR) is 39.1 cm³/mol. The minimum atomic E-state index is -0.685. The third-order valence-corrected chi connectivity index (χ3v) is 2.15. The van der Waals surface area contributed by atoms with Crippen molar-refractivity contribution >= 4 is 6.08 Å². The van der Waals surface area contributed by atoms with Gasteiger partial charge in [0, 0.05) is 0 Å². The van der Waals surface area contributed by atoms with Crippen LogP contribution in [0.4, 0.5) is 0 Å². The second-order valence-electron chi connectivity index (χ2n) is 2.81. The molecule has 4 nitrogen and oxygen atoms in total. The topological polar surface area (TPSA) is 44.5 Å². The summed E-state index contributed by atoms with van der Waals surface area (Å²) in [6.45, 7) is 1.24. The van der Waals surface area contributed by atoms with Crippen LogP contribution < -0.4 is 0 Å². The fraction of sp³-hybridized carbons (Fsp3) is 0.375. The normalized spacial score (nSPS) is 23.7. The van der Waals surface area contributed by atoms with Gasteiger partial charge in [-0.15, -0.1) is 0 Å². The van der Waals surface area contributed by atoms with E-state index in [9.17, 15) is 0 Å². The Hall–Kier alpha value is -1.13. The lowest BCUT2D eigenvalue weighted by Crippen LogP contribution is -2.21. The number of hydrogen-bond donors (Lipinski definition) is 0. The molecular weight excluding hydrogens is 158 g/mol. The number of aromatic nitrogens is 1. The minimum absolute atomic E-state index is 0.620. The van der Waals surface area contributed by atoms with Gasteiger partial charge in [0.15, 0.2) is 0 Å². The third kappa shape index (κ3) is 0.616. The average molecular weight is 165 g/mol. The van der Waals surface area contributed by atoms with Crippen LogP contribution in [0.25, 0.3) is 6.08 Å². The molecule has 1 aliphatic heterocycles. The van der Waals surface area contributed by atoms with Crippen molar-refractivity contribution in [3.63, 3.8) is 0 Å². The predicted octanol–water partition coefficient (Wildman–Crippen LogP) is 0.901. The molecule has 1 saturated heterocycles. The molecule has 4 heteroatoms. The van der Waals surface area contributed by atoms with Gasteiger partial charge in [-0.05, 0) is 12.2 Å². The molecule has 1 aromatic rings. The first kappa shape index (κ1) is 6.39. The number of ether oxygens (including phenoxy) is 2. The Morgan fingerprint density at radius 1 is 1.33 bits per heavy atom. The van der Waals surface area contributed by atoms with Crippen LogP contribution in [0, 0.1) is 0 Å². The van der Waals surface area contributed by atoms with E-state index in [2.05, 4.69) is 5.16 Å². The van der Waals surface area contributed by atoms with Crippen LogP contribution in [0.3, 0.4) is 0 Å². The second-order valence-corrected chi connectivity index (χ2v) is 2.81. The third-order valence-electron chi connectivity index (χ3n) is 2.15. The SMILES string of the molecule is C1=CC2(OCCO2)c2conc21. The second kappa shape index (κ2) is 1.97. The van der Waals surface area contributed by atoms with Crippen molar-refractivity contribution in [3.8, 4) is 0 Å². The van der Waals surface area contributed by atoms with E-state index in [1.807, 2.05) is 12.2 Å². The molecule has 0 N–H and O–H groups in total. The molecule has 0 radical (unpaired) electrons. The smallest absolute Gasteiger partial charge is 0.221 e. The van der Waals surface area contributed by atoms with E-state index in [4.69, 9.17) is 14.0 Å². The molecule has 1 aromatic heterocycles. The number of rotatable bonds is 0. The lowest BCUT2D eigenvalue weighted by atomic mass is 10.2. The van der Waals surface area contributed by atoms with E-state index in [0.29, 0.717) is 13.2 Å². The highest BCUT2D eigenvalue weighted by atomic mass is 16.7. The van der Waals surface area contributed by atoms with Crippen molar-refractivity contribution in [3.05, 3.63) is 23.6 Å². The van der Waals surface area contributed by atoms with Gasteiger partial charge in [0.1, 0.15) is 12.0 Å². The minimum Gasteiger partial charge on any atom is -0.364 e. The number of nitrogens with zero attached hydrogens (tertiary/aromatic N) is 1. The molecule has 0 amide bonds. The van der Waals surface area contributed by atoms with Gasteiger partial charge in [-0.3, -0.25) is 0 Å². The van der Waals surface area contributed by atoms with E-state index in [1.54, 1.807) is 6.26 Å². The highest BCUT2D eigenvalue weighted by molar-refractivity contribution is 5.58. The summed E-state index contributed by atoms with van der Waals surface area (Å²) in [7, 11) is 0. The molecule has 1 aliphatic carbocycles. The average Bonchev–Trinajstić information content (AvgIpc) is 2.76. The van der Waals surface area contributed by atoms with Crippen molar-refractivity contribution in [1.82, 2.24) is 5.16 Å². The van der Waals surface area contributed by atoms with Crippen molar-refractivity contribution < 1.29 is 14.0 Å². The fourth-order valence-corrected chi connectivity index (χ4v) is 1.58. The Kier molecular flexibility index (Phi) is 1.05. The van der Waals surface area contributed by atoms with Crippen molar-refractivity contribution in [1.29, 1.82) is 0 Å². The van der Waals surface area contributed by atoms with Crippen molar-refractivity contribution in [2.24, 2.45) is 0 Å². The summed E-state index contributed by atoms with van der Waals surface area (Å²) >= 11 is 0. The molecule has 62 valence electrons. The zero-order valence-corrected chi connectivity index (χ0v) is 6.32. The molecule has 3 rings (SSSR count). The van der Waals surface area contributed by atoms with Gasteiger partial charge < -0.3 is 14.0 Å². The molecule has 0 atom stereocenters. The molecule has 2 heterocycles. The highest BCUT2D eigenvalue weighted by Crippen LogP contribution is 2.39. The van der Waals surface area contributed by atoms with Gasteiger partial charge >= 0.3 is 0 Å². The molecule has 2 aliphatic rings. The molecule has 0 saturated carbocycles. The highest BCUT2D eigenvalue weighted by Gasteiger charge is 2.42. The maximum atomic E-state index is 5.48. The van der Waals surface area contributed by atoms with E-state index < -0.39 is 5.79 Å². The van der Waals surface area contributed by atoms with Crippen LogP contribution in [-0.2, 0) is 15.3 Å². The molecule has 0 bridgehead atoms. The summed E-state index contributed by atoms with van der Waals surface area (Å²) in [5.41, 5.74) is 1.68. The maximum Gasteiger partial charge on any atom is 0.221 e. The fourth-order valence-electron chi connectivity index (χ4n) is 1.58. The van der Waals surface area contributed by atoms with Crippen molar-refractivity contribution in [2.75, 3.05) is 13.2 Å². The van der Waals surface area contributed by atoms with Gasteiger partial charge in [0.25, 0.3) is 0 Å². The quantitative estimate of drug-likeness (QED) is 0.573. The van der Waals surface area contributed by atoms with Crippen LogP contribution >= 0.6 is 0 Å². The standard InChI is InChI=1S/C8H7NO3/c1-2-8(10-3-4-11-8)6-5-12-9-7(1)6/h1-2,5H,3-4H2. The largest absolute Gasteiger partial charge is 0.364 e. The summed E-state index contributed by atoms with van der Waals surface area (Å²) in [5, 5.41) is 3.79. The summed E-state index contributed by atoms with van der Waals surface area (Å²) in [4.78, 5) is 0. The van der Waals surface area contributed by atoms with Crippen LogP contribution in [-0.4, -0.2) is 18.4 Å². The van der Waals surface area contributed by atoms with Gasteiger partial charge in [-0.1, -0.05) is 5.16 Å². The molecular formula is C8H7NO3. The summed E-state index contributed by atoms with van der Waals surface area (Å²) < 4.78 is 15.8. The van der Waals surface area contributed by atoms with Crippen LogP contribution in [0.15, 0.2) is 16.9 Å². The lowest BCUT2D eigenvalue weighted by molar-refractivity contribution is -0.121. The Morgan fingerprint density at radius 3 is 3.00 bits per heavy atom. The molecule has 0 unspecified atom stereocenters. The van der Waals surface area contributed by atoms with E-state index in [0.717, 1.165) is 11.3 Å². The van der Waals surface area contributed by atoms with E-state index in [-0.39, 0.29) is 0 Å². The summed E-state index contributed by atoms with van der Waals surface area (Å²) in [6.07, 6.45) is 5.29. The van der Waals surface area contributed by atoms with Crippen LogP contribution in [0.1, 0.15) is 11.3 Å². The van der Waals surface area contributed by atoms with Crippen LogP contribution in [0.2, 0.25) is 0 Å². The first-order valence-electron chi connectivity index (χ1n) is 3.83. The number of fused-ring (bicyclic) bond motifs is 2. The summed E-state index contributed by atoms with van der Waals surface area (Å²) in [6, 6.07) is 0. The number of hydrogen-bond acceptors (Lipinski definition) is 4. The lowest BCUT2D eigenvalue weighted by Gasteiger charge is -2.18. The molecule has 0 aromatic carbocycles. The van der Waals surface area contributed by atoms with Crippen molar-refractivity contribution in [2.45, 2.75) is 5.79 Å². The van der Waals surface area contributed by atoms with E-state index >= 15 is 0 Å². The Morgan fingerprint density at radius 2 is 2.17 bits per heavy atom. The first-order chi connectivity index (χ1) is 5.91. The monoisotopic (exact) mass is 165 g/mol. The summed E-state index contributed by atoms with van der Waals surface area (Å²) in [5.74, 6) is -0.685. The Bertz CT molecular complexity index is 336. The van der Waals surface area contributed by atoms with Crippen LogP contribution in [0.5, 0.6) is 0 Å². The van der Waals surface area contributed by atoms with Gasteiger partial charge in [-0.25, -0.2) is 0 Å². The molecule has 1 fully saturated rings. The Balaban J connectivity index is 2.15. The molecule has 1 spiro atoms. The zero-order chi connectivity index (χ0) is 8.02. The zero-order valence-electron chi connectivity index (χ0n) is 6.32. The van der Waals surface area contributed by atoms with Gasteiger partial charge in [0.2, 0.25) is 5.79 Å². The van der Waals surface area contributed by atoms with Gasteiger partial charge in [0.05, 0.1) is 18.8 Å².